The maximum absolute atomic E-state index is 11.1. The van der Waals surface area contributed by atoms with E-state index in [1.807, 2.05) is 76.8 Å². The molecule has 0 aliphatic heterocycles. The smallest absolute Gasteiger partial charge is 0.305 e. The van der Waals surface area contributed by atoms with E-state index in [1.165, 1.54) is 0 Å². The Balaban J connectivity index is 1.86. The second-order valence-electron chi connectivity index (χ2n) is 6.96. The van der Waals surface area contributed by atoms with Gasteiger partial charge in [-0.3, -0.25) is 4.55 Å². The van der Waals surface area contributed by atoms with Gasteiger partial charge in [0.25, 0.3) is 10.1 Å². The molecule has 6 nitrogen and oxygen atoms in total. The number of hydrogen-bond donors (Lipinski definition) is 1. The van der Waals surface area contributed by atoms with Crippen LogP contribution in [-0.4, -0.2) is 23.3 Å². The molecular formula is C22H22N3O3S+. The van der Waals surface area contributed by atoms with Crippen molar-refractivity contribution in [3.63, 3.8) is 0 Å². The van der Waals surface area contributed by atoms with E-state index in [9.17, 15) is 8.42 Å². The van der Waals surface area contributed by atoms with Crippen molar-refractivity contribution in [3.8, 4) is 0 Å². The number of hydrogen-bond acceptors (Lipinski definition) is 3. The minimum atomic E-state index is -4.00. The summed E-state index contributed by atoms with van der Waals surface area (Å²) in [6.07, 6.45) is 0.296. The number of benzene rings is 2. The SMILES string of the molecule is C[n+]1c(N=c2ccc3ccccc3n2CCCS(=O)(=O)O)ccc2ccccc21. The molecule has 0 saturated carbocycles. The predicted molar refractivity (Wildman–Crippen MR) is 113 cm³/mol. The summed E-state index contributed by atoms with van der Waals surface area (Å²) in [5.41, 5.74) is 2.77. The molecule has 0 aliphatic carbocycles. The third-order valence-corrected chi connectivity index (χ3v) is 5.79. The predicted octanol–water partition coefficient (Wildman–Crippen LogP) is 3.13. The number of fused-ring (bicyclic) bond motifs is 2. The molecule has 2 aromatic carbocycles. The number of nitrogens with zero attached hydrogens (tertiary/aromatic N) is 3. The normalized spacial score (nSPS) is 12.7. The Morgan fingerprint density at radius 1 is 0.931 bits per heavy atom. The van der Waals surface area contributed by atoms with Crippen LogP contribution in [0.1, 0.15) is 6.42 Å². The fourth-order valence-corrected chi connectivity index (χ4v) is 4.05. The lowest BCUT2D eigenvalue weighted by atomic mass is 10.2. The van der Waals surface area contributed by atoms with Gasteiger partial charge in [0.15, 0.2) is 0 Å². The molecule has 0 unspecified atom stereocenters. The van der Waals surface area contributed by atoms with Crippen molar-refractivity contribution in [2.75, 3.05) is 5.75 Å². The summed E-state index contributed by atoms with van der Waals surface area (Å²) in [4.78, 5) is 4.87. The number of aryl methyl sites for hydroxylation is 2. The van der Waals surface area contributed by atoms with E-state index in [0.717, 1.165) is 33.1 Å². The van der Waals surface area contributed by atoms with Crippen LogP contribution in [-0.2, 0) is 23.7 Å². The number of pyridine rings is 2. The average molecular weight is 409 g/mol. The topological polar surface area (TPSA) is 75.5 Å². The lowest BCUT2D eigenvalue weighted by molar-refractivity contribution is -0.631. The first kappa shape index (κ1) is 19.3. The van der Waals surface area contributed by atoms with E-state index in [2.05, 4.69) is 12.1 Å². The molecule has 0 amide bonds. The van der Waals surface area contributed by atoms with Crippen molar-refractivity contribution in [2.24, 2.45) is 12.0 Å². The minimum absolute atomic E-state index is 0.285. The first-order valence-electron chi connectivity index (χ1n) is 9.39. The largest absolute Gasteiger partial charge is 0.325 e. The Morgan fingerprint density at radius 2 is 1.62 bits per heavy atom. The Kier molecular flexibility index (Phi) is 5.17. The zero-order chi connectivity index (χ0) is 20.4. The van der Waals surface area contributed by atoms with Crippen molar-refractivity contribution >= 4 is 37.7 Å². The fourth-order valence-electron chi connectivity index (χ4n) is 3.55. The van der Waals surface area contributed by atoms with Gasteiger partial charge in [0, 0.05) is 24.1 Å². The van der Waals surface area contributed by atoms with Gasteiger partial charge in [-0.15, -0.1) is 0 Å². The molecule has 0 fully saturated rings. The summed E-state index contributed by atoms with van der Waals surface area (Å²) in [6, 6.07) is 24.0. The Morgan fingerprint density at radius 3 is 2.41 bits per heavy atom. The summed E-state index contributed by atoms with van der Waals surface area (Å²) >= 11 is 0. The van der Waals surface area contributed by atoms with Gasteiger partial charge >= 0.3 is 5.82 Å². The van der Waals surface area contributed by atoms with Gasteiger partial charge in [-0.05, 0) is 41.1 Å². The van der Waals surface area contributed by atoms with Crippen molar-refractivity contribution < 1.29 is 17.5 Å². The third kappa shape index (κ3) is 4.21. The van der Waals surface area contributed by atoms with Crippen LogP contribution < -0.4 is 10.1 Å². The highest BCUT2D eigenvalue weighted by Gasteiger charge is 2.12. The van der Waals surface area contributed by atoms with Gasteiger partial charge < -0.3 is 4.57 Å². The van der Waals surface area contributed by atoms with E-state index in [0.29, 0.717) is 13.0 Å². The average Bonchev–Trinajstić information content (AvgIpc) is 2.70. The second-order valence-corrected chi connectivity index (χ2v) is 8.53. The highest BCUT2D eigenvalue weighted by atomic mass is 32.2. The molecule has 0 saturated heterocycles. The lowest BCUT2D eigenvalue weighted by Gasteiger charge is -2.10. The monoisotopic (exact) mass is 408 g/mol. The van der Waals surface area contributed by atoms with Crippen LogP contribution in [0.3, 0.4) is 0 Å². The third-order valence-electron chi connectivity index (χ3n) is 4.98. The lowest BCUT2D eigenvalue weighted by Crippen LogP contribution is -2.31. The first-order valence-corrected chi connectivity index (χ1v) is 11.0. The van der Waals surface area contributed by atoms with Gasteiger partial charge in [-0.2, -0.15) is 8.42 Å². The van der Waals surface area contributed by atoms with Crippen LogP contribution in [0.5, 0.6) is 0 Å². The highest BCUT2D eigenvalue weighted by molar-refractivity contribution is 7.85. The second kappa shape index (κ2) is 7.77. The maximum Gasteiger partial charge on any atom is 0.325 e. The van der Waals surface area contributed by atoms with E-state index >= 15 is 0 Å². The quantitative estimate of drug-likeness (QED) is 0.407. The van der Waals surface area contributed by atoms with Crippen molar-refractivity contribution in [3.05, 3.63) is 78.3 Å². The molecule has 1 N–H and O–H groups in total. The number of rotatable bonds is 5. The number of para-hydroxylation sites is 2. The molecule has 7 heteroatoms. The zero-order valence-corrected chi connectivity index (χ0v) is 16.9. The van der Waals surface area contributed by atoms with Crippen molar-refractivity contribution in [1.29, 1.82) is 0 Å². The molecule has 29 heavy (non-hydrogen) atoms. The molecule has 0 aliphatic rings. The molecule has 148 valence electrons. The molecule has 0 atom stereocenters. The molecule has 2 aromatic heterocycles. The van der Waals surface area contributed by atoms with Gasteiger partial charge in [0.05, 0.1) is 18.3 Å². The summed E-state index contributed by atoms with van der Waals surface area (Å²) in [5.74, 6) is 0.509. The summed E-state index contributed by atoms with van der Waals surface area (Å²) in [6.45, 7) is 0.428. The molecule has 0 radical (unpaired) electrons. The molecule has 2 heterocycles. The van der Waals surface area contributed by atoms with Gasteiger partial charge in [-0.25, -0.2) is 4.57 Å². The first-order chi connectivity index (χ1) is 13.9. The van der Waals surface area contributed by atoms with E-state index < -0.39 is 10.1 Å². The van der Waals surface area contributed by atoms with Crippen LogP contribution in [0.15, 0.2) is 77.8 Å². The van der Waals surface area contributed by atoms with Crippen LogP contribution >= 0.6 is 0 Å². The van der Waals surface area contributed by atoms with Crippen LogP contribution in [0.2, 0.25) is 0 Å². The van der Waals surface area contributed by atoms with Gasteiger partial charge in [0.2, 0.25) is 5.49 Å². The van der Waals surface area contributed by atoms with Crippen LogP contribution in [0.25, 0.3) is 21.8 Å². The van der Waals surface area contributed by atoms with Crippen LogP contribution in [0.4, 0.5) is 5.82 Å². The Labute approximate surface area is 169 Å². The zero-order valence-electron chi connectivity index (χ0n) is 16.1. The highest BCUT2D eigenvalue weighted by Crippen LogP contribution is 2.15. The van der Waals surface area contributed by atoms with Gasteiger partial charge in [0.1, 0.15) is 5.52 Å². The molecular weight excluding hydrogens is 386 g/mol. The Hall–Kier alpha value is -3.03. The van der Waals surface area contributed by atoms with E-state index in [-0.39, 0.29) is 5.75 Å². The molecule has 0 bridgehead atoms. The summed E-state index contributed by atoms with van der Waals surface area (Å²) < 4.78 is 35.4. The number of aromatic nitrogens is 2. The van der Waals surface area contributed by atoms with Gasteiger partial charge in [-0.1, -0.05) is 36.4 Å². The van der Waals surface area contributed by atoms with E-state index in [4.69, 9.17) is 9.55 Å². The summed E-state index contributed by atoms with van der Waals surface area (Å²) in [7, 11) is -2.02. The maximum atomic E-state index is 11.1. The standard InChI is InChI=1S/C22H21N3O3S/c1-24-19-9-4-2-7-17(19)11-13-21(24)23-22-14-12-18-8-3-5-10-20(18)25(22)15-6-16-29(26,27)28/h2-5,7-14H,6,15-16H2,1H3/p+1. The van der Waals surface area contributed by atoms with Crippen molar-refractivity contribution in [2.45, 2.75) is 13.0 Å². The summed E-state index contributed by atoms with van der Waals surface area (Å²) in [5, 5.41) is 2.18. The molecule has 4 aromatic rings. The Bertz CT molecular complexity index is 1380. The fraction of sp³-hybridized carbons (Fsp3) is 0.182. The van der Waals surface area contributed by atoms with E-state index in [1.54, 1.807) is 0 Å². The van der Waals surface area contributed by atoms with Crippen LogP contribution in [0, 0.1) is 0 Å². The minimum Gasteiger partial charge on any atom is -0.305 e. The molecule has 4 rings (SSSR count). The van der Waals surface area contributed by atoms with Crippen molar-refractivity contribution in [1.82, 2.24) is 4.57 Å². The molecule has 0 spiro atoms.